The Morgan fingerprint density at radius 2 is 2.22 bits per heavy atom. The van der Waals surface area contributed by atoms with E-state index in [9.17, 15) is 4.79 Å². The zero-order chi connectivity index (χ0) is 16.2. The Hall–Kier alpha value is -1.89. The molecule has 1 saturated heterocycles. The maximum atomic E-state index is 12.4. The van der Waals surface area contributed by atoms with E-state index >= 15 is 0 Å². The number of thioether (sulfide) groups is 1. The highest BCUT2D eigenvalue weighted by molar-refractivity contribution is 7.99. The Morgan fingerprint density at radius 3 is 3.00 bits per heavy atom. The quantitative estimate of drug-likeness (QED) is 0.805. The molecular weight excluding hydrogens is 310 g/mol. The van der Waals surface area contributed by atoms with Crippen LogP contribution in [0.1, 0.15) is 25.3 Å². The first-order valence-electron chi connectivity index (χ1n) is 7.90. The van der Waals surface area contributed by atoms with Crippen molar-refractivity contribution < 1.29 is 4.79 Å². The summed E-state index contributed by atoms with van der Waals surface area (Å²) in [6.07, 6.45) is 2.31. The number of likely N-dealkylation sites (tertiary alicyclic amines) is 1. The van der Waals surface area contributed by atoms with Gasteiger partial charge in [-0.25, -0.2) is 0 Å². The lowest BCUT2D eigenvalue weighted by molar-refractivity contribution is -0.130. The van der Waals surface area contributed by atoms with Crippen LogP contribution in [0, 0.1) is 12.8 Å². The third-order valence-corrected chi connectivity index (χ3v) is 5.02. The van der Waals surface area contributed by atoms with Crippen LogP contribution in [0.2, 0.25) is 0 Å². The standard InChI is InChI=1S/C16H21N5OS/c1-12-6-5-9-20(10-12)15(22)11-23-16-17-18-19-21(16)14-8-4-3-7-13(14)2/h3-4,7-8,12H,5-6,9-11H2,1-2H3. The number of tetrazole rings is 1. The molecule has 1 fully saturated rings. The molecule has 2 aromatic rings. The van der Waals surface area contributed by atoms with Gasteiger partial charge >= 0.3 is 0 Å². The lowest BCUT2D eigenvalue weighted by Gasteiger charge is -2.30. The van der Waals surface area contributed by atoms with E-state index in [1.165, 1.54) is 18.2 Å². The topological polar surface area (TPSA) is 63.9 Å². The summed E-state index contributed by atoms with van der Waals surface area (Å²) < 4.78 is 1.70. The number of benzene rings is 1. The number of rotatable bonds is 4. The smallest absolute Gasteiger partial charge is 0.233 e. The van der Waals surface area contributed by atoms with Gasteiger partial charge in [-0.05, 0) is 47.7 Å². The van der Waals surface area contributed by atoms with E-state index in [2.05, 4.69) is 22.4 Å². The fraction of sp³-hybridized carbons (Fsp3) is 0.500. The minimum Gasteiger partial charge on any atom is -0.342 e. The molecule has 3 rings (SSSR count). The Bertz CT molecular complexity index is 687. The first-order valence-corrected chi connectivity index (χ1v) is 8.88. The van der Waals surface area contributed by atoms with Crippen molar-refractivity contribution in [3.05, 3.63) is 29.8 Å². The minimum atomic E-state index is 0.167. The molecular formula is C16H21N5OS. The molecule has 23 heavy (non-hydrogen) atoms. The lowest BCUT2D eigenvalue weighted by atomic mass is 10.0. The largest absolute Gasteiger partial charge is 0.342 e. The molecule has 0 spiro atoms. The second-order valence-corrected chi connectivity index (χ2v) is 6.98. The molecule has 1 aromatic heterocycles. The van der Waals surface area contributed by atoms with Gasteiger partial charge in [0.15, 0.2) is 0 Å². The number of piperidine rings is 1. The molecule has 0 saturated carbocycles. The molecule has 1 amide bonds. The Morgan fingerprint density at radius 1 is 1.39 bits per heavy atom. The molecule has 1 aliphatic heterocycles. The summed E-state index contributed by atoms with van der Waals surface area (Å²) in [5.74, 6) is 1.13. The summed E-state index contributed by atoms with van der Waals surface area (Å²) in [4.78, 5) is 14.3. The van der Waals surface area contributed by atoms with Crippen molar-refractivity contribution in [2.45, 2.75) is 31.8 Å². The van der Waals surface area contributed by atoms with Crippen molar-refractivity contribution in [3.63, 3.8) is 0 Å². The summed E-state index contributed by atoms with van der Waals surface area (Å²) in [6, 6.07) is 7.94. The average molecular weight is 331 g/mol. The fourth-order valence-corrected chi connectivity index (χ4v) is 3.64. The molecule has 0 N–H and O–H groups in total. The van der Waals surface area contributed by atoms with Crippen LogP contribution in [0.5, 0.6) is 0 Å². The molecule has 1 aromatic carbocycles. The highest BCUT2D eigenvalue weighted by Gasteiger charge is 2.22. The first-order chi connectivity index (χ1) is 11.1. The maximum Gasteiger partial charge on any atom is 0.233 e. The SMILES string of the molecule is Cc1ccccc1-n1nnnc1SCC(=O)N1CCCC(C)C1. The van der Waals surface area contributed by atoms with Crippen LogP contribution in [0.4, 0.5) is 0 Å². The maximum absolute atomic E-state index is 12.4. The number of hydrogen-bond acceptors (Lipinski definition) is 5. The summed E-state index contributed by atoms with van der Waals surface area (Å²) in [5, 5.41) is 12.5. The molecule has 2 heterocycles. The number of carbonyl (C=O) groups is 1. The number of aryl methyl sites for hydroxylation is 1. The van der Waals surface area contributed by atoms with Crippen molar-refractivity contribution >= 4 is 17.7 Å². The summed E-state index contributed by atoms with van der Waals surface area (Å²) in [6.45, 7) is 5.95. The van der Waals surface area contributed by atoms with Gasteiger partial charge in [0.2, 0.25) is 11.1 Å². The van der Waals surface area contributed by atoms with Gasteiger partial charge in [-0.15, -0.1) is 5.10 Å². The molecule has 1 unspecified atom stereocenters. The van der Waals surface area contributed by atoms with Crippen LogP contribution in [0.25, 0.3) is 5.69 Å². The van der Waals surface area contributed by atoms with E-state index in [1.807, 2.05) is 36.1 Å². The minimum absolute atomic E-state index is 0.167. The first kappa shape index (κ1) is 16.0. The number of aromatic nitrogens is 4. The van der Waals surface area contributed by atoms with Gasteiger partial charge in [-0.1, -0.05) is 36.9 Å². The fourth-order valence-electron chi connectivity index (χ4n) is 2.85. The van der Waals surface area contributed by atoms with E-state index in [0.29, 0.717) is 16.8 Å². The third-order valence-electron chi connectivity index (χ3n) is 4.12. The van der Waals surface area contributed by atoms with Gasteiger partial charge in [0, 0.05) is 13.1 Å². The van der Waals surface area contributed by atoms with Crippen molar-refractivity contribution in [1.82, 2.24) is 25.1 Å². The van der Waals surface area contributed by atoms with E-state index in [4.69, 9.17) is 0 Å². The average Bonchev–Trinajstić information content (AvgIpc) is 3.01. The van der Waals surface area contributed by atoms with Crippen LogP contribution in [-0.2, 0) is 4.79 Å². The predicted molar refractivity (Wildman–Crippen MR) is 89.6 cm³/mol. The van der Waals surface area contributed by atoms with Crippen LogP contribution in [0.3, 0.4) is 0 Å². The zero-order valence-electron chi connectivity index (χ0n) is 13.5. The van der Waals surface area contributed by atoms with Crippen LogP contribution >= 0.6 is 11.8 Å². The molecule has 0 aliphatic carbocycles. The molecule has 7 heteroatoms. The summed E-state index contributed by atoms with van der Waals surface area (Å²) in [5.41, 5.74) is 2.04. The van der Waals surface area contributed by atoms with Crippen molar-refractivity contribution in [3.8, 4) is 5.69 Å². The second-order valence-electron chi connectivity index (χ2n) is 6.04. The third kappa shape index (κ3) is 3.72. The summed E-state index contributed by atoms with van der Waals surface area (Å²) >= 11 is 1.40. The Balaban J connectivity index is 1.67. The van der Waals surface area contributed by atoms with E-state index in [-0.39, 0.29) is 5.91 Å². The molecule has 1 aliphatic rings. The van der Waals surface area contributed by atoms with E-state index < -0.39 is 0 Å². The van der Waals surface area contributed by atoms with Crippen molar-refractivity contribution in [2.75, 3.05) is 18.8 Å². The van der Waals surface area contributed by atoms with E-state index in [0.717, 1.165) is 30.8 Å². The van der Waals surface area contributed by atoms with Crippen molar-refractivity contribution in [2.24, 2.45) is 5.92 Å². The van der Waals surface area contributed by atoms with Gasteiger partial charge in [0.25, 0.3) is 0 Å². The molecule has 6 nitrogen and oxygen atoms in total. The second kappa shape index (κ2) is 7.12. The van der Waals surface area contributed by atoms with Crippen LogP contribution < -0.4 is 0 Å². The number of carbonyl (C=O) groups excluding carboxylic acids is 1. The Kier molecular flexibility index (Phi) is 4.95. The number of hydrogen-bond donors (Lipinski definition) is 0. The molecule has 122 valence electrons. The van der Waals surface area contributed by atoms with Crippen molar-refractivity contribution in [1.29, 1.82) is 0 Å². The zero-order valence-corrected chi connectivity index (χ0v) is 14.3. The van der Waals surface area contributed by atoms with Gasteiger partial charge < -0.3 is 4.90 Å². The van der Waals surface area contributed by atoms with Gasteiger partial charge in [0.1, 0.15) is 0 Å². The molecule has 0 bridgehead atoms. The molecule has 0 radical (unpaired) electrons. The molecule has 1 atom stereocenters. The normalized spacial score (nSPS) is 18.2. The monoisotopic (exact) mass is 331 g/mol. The lowest BCUT2D eigenvalue weighted by Crippen LogP contribution is -2.40. The summed E-state index contributed by atoms with van der Waals surface area (Å²) in [7, 11) is 0. The predicted octanol–water partition coefficient (Wildman–Crippen LogP) is 2.32. The van der Waals surface area contributed by atoms with Gasteiger partial charge in [-0.3, -0.25) is 4.79 Å². The van der Waals surface area contributed by atoms with Gasteiger partial charge in [0.05, 0.1) is 11.4 Å². The van der Waals surface area contributed by atoms with Crippen LogP contribution in [-0.4, -0.2) is 49.9 Å². The van der Waals surface area contributed by atoms with E-state index in [1.54, 1.807) is 4.68 Å². The number of para-hydroxylation sites is 1. The number of nitrogens with zero attached hydrogens (tertiary/aromatic N) is 5. The highest BCUT2D eigenvalue weighted by atomic mass is 32.2. The van der Waals surface area contributed by atoms with Crippen LogP contribution in [0.15, 0.2) is 29.4 Å². The number of amides is 1. The van der Waals surface area contributed by atoms with Gasteiger partial charge in [-0.2, -0.15) is 4.68 Å². The Labute approximate surface area is 140 Å². The highest BCUT2D eigenvalue weighted by Crippen LogP contribution is 2.22.